The summed E-state index contributed by atoms with van der Waals surface area (Å²) in [4.78, 5) is 19.3. The first-order valence-electron chi connectivity index (χ1n) is 5.25. The Balaban J connectivity index is 2.14. The minimum Gasteiger partial charge on any atom is -0.478 e. The maximum atomic E-state index is 10.8. The van der Waals surface area contributed by atoms with E-state index in [1.165, 1.54) is 16.8 Å². The largest absolute Gasteiger partial charge is 0.478 e. The van der Waals surface area contributed by atoms with E-state index in [9.17, 15) is 4.79 Å². The van der Waals surface area contributed by atoms with Gasteiger partial charge in [-0.2, -0.15) is 0 Å². The Morgan fingerprint density at radius 2 is 2.11 bits per heavy atom. The SMILES string of the molecule is O=C(O)c1ccc2nc(-c3ccccn3)nn2c1. The molecule has 0 spiro atoms. The number of carbonyl (C=O) groups is 1. The van der Waals surface area contributed by atoms with Gasteiger partial charge in [0.15, 0.2) is 5.65 Å². The molecule has 0 radical (unpaired) electrons. The van der Waals surface area contributed by atoms with Crippen LogP contribution in [0.2, 0.25) is 0 Å². The molecular formula is C12H8N4O2. The van der Waals surface area contributed by atoms with Crippen LogP contribution in [0.25, 0.3) is 17.2 Å². The van der Waals surface area contributed by atoms with Crippen LogP contribution in [0.5, 0.6) is 0 Å². The molecule has 1 N–H and O–H groups in total. The number of hydrogen-bond acceptors (Lipinski definition) is 4. The Labute approximate surface area is 102 Å². The van der Waals surface area contributed by atoms with Crippen LogP contribution in [0.3, 0.4) is 0 Å². The van der Waals surface area contributed by atoms with E-state index in [-0.39, 0.29) is 5.56 Å². The third-order valence-electron chi connectivity index (χ3n) is 2.47. The molecule has 6 heteroatoms. The summed E-state index contributed by atoms with van der Waals surface area (Å²) in [6, 6.07) is 8.56. The topological polar surface area (TPSA) is 80.4 Å². The maximum Gasteiger partial charge on any atom is 0.337 e. The molecule has 18 heavy (non-hydrogen) atoms. The Bertz CT molecular complexity index is 721. The summed E-state index contributed by atoms with van der Waals surface area (Å²) in [6.07, 6.45) is 3.08. The van der Waals surface area contributed by atoms with Crippen molar-refractivity contribution in [3.05, 3.63) is 48.3 Å². The molecule has 0 amide bonds. The van der Waals surface area contributed by atoms with Crippen LogP contribution in [0.4, 0.5) is 0 Å². The highest BCUT2D eigenvalue weighted by Crippen LogP contribution is 2.13. The highest BCUT2D eigenvalue weighted by atomic mass is 16.4. The second kappa shape index (κ2) is 3.92. The van der Waals surface area contributed by atoms with Crippen molar-refractivity contribution in [2.24, 2.45) is 0 Å². The van der Waals surface area contributed by atoms with E-state index in [4.69, 9.17) is 5.11 Å². The molecule has 3 heterocycles. The summed E-state index contributed by atoms with van der Waals surface area (Å²) in [7, 11) is 0. The van der Waals surface area contributed by atoms with Gasteiger partial charge in [-0.1, -0.05) is 6.07 Å². The van der Waals surface area contributed by atoms with Gasteiger partial charge < -0.3 is 5.11 Å². The second-order valence-electron chi connectivity index (χ2n) is 3.68. The Morgan fingerprint density at radius 3 is 2.83 bits per heavy atom. The van der Waals surface area contributed by atoms with Crippen LogP contribution >= 0.6 is 0 Å². The lowest BCUT2D eigenvalue weighted by Crippen LogP contribution is -1.99. The Morgan fingerprint density at radius 1 is 1.22 bits per heavy atom. The molecule has 3 aromatic heterocycles. The number of pyridine rings is 2. The van der Waals surface area contributed by atoms with Crippen LogP contribution in [0.15, 0.2) is 42.7 Å². The van der Waals surface area contributed by atoms with Crippen molar-refractivity contribution in [1.82, 2.24) is 19.6 Å². The van der Waals surface area contributed by atoms with Crippen molar-refractivity contribution in [3.63, 3.8) is 0 Å². The van der Waals surface area contributed by atoms with E-state index in [0.717, 1.165) is 0 Å². The lowest BCUT2D eigenvalue weighted by molar-refractivity contribution is 0.0696. The number of carboxylic acids is 1. The molecule has 3 aromatic rings. The van der Waals surface area contributed by atoms with E-state index in [2.05, 4.69) is 15.1 Å². The summed E-state index contributed by atoms with van der Waals surface area (Å²) in [5.41, 5.74) is 1.40. The summed E-state index contributed by atoms with van der Waals surface area (Å²) in [6.45, 7) is 0. The summed E-state index contributed by atoms with van der Waals surface area (Å²) in [5.74, 6) is -0.523. The Kier molecular flexibility index (Phi) is 2.26. The fourth-order valence-corrected chi connectivity index (χ4v) is 1.61. The van der Waals surface area contributed by atoms with E-state index in [1.54, 1.807) is 18.3 Å². The third-order valence-corrected chi connectivity index (χ3v) is 2.47. The molecule has 0 aromatic carbocycles. The molecule has 88 valence electrons. The molecule has 0 unspecified atom stereocenters. The van der Waals surface area contributed by atoms with Crippen LogP contribution in [0, 0.1) is 0 Å². The van der Waals surface area contributed by atoms with Crippen molar-refractivity contribution in [3.8, 4) is 11.5 Å². The molecule has 0 aliphatic heterocycles. The molecule has 0 saturated carbocycles. The normalized spacial score (nSPS) is 10.7. The standard InChI is InChI=1S/C12H8N4O2/c17-12(18)8-4-5-10-14-11(15-16(10)7-8)9-3-1-2-6-13-9/h1-7H,(H,17,18). The number of rotatable bonds is 2. The zero-order valence-electron chi connectivity index (χ0n) is 9.19. The van der Waals surface area contributed by atoms with Crippen LogP contribution in [0.1, 0.15) is 10.4 Å². The fraction of sp³-hybridized carbons (Fsp3) is 0. The number of carboxylic acid groups (broad SMARTS) is 1. The number of nitrogens with zero attached hydrogens (tertiary/aromatic N) is 4. The van der Waals surface area contributed by atoms with Crippen LogP contribution in [-0.2, 0) is 0 Å². The lowest BCUT2D eigenvalue weighted by Gasteiger charge is -1.93. The average molecular weight is 240 g/mol. The predicted molar refractivity (Wildman–Crippen MR) is 63.2 cm³/mol. The zero-order valence-corrected chi connectivity index (χ0v) is 9.19. The zero-order chi connectivity index (χ0) is 12.5. The third kappa shape index (κ3) is 1.69. The number of fused-ring (bicyclic) bond motifs is 1. The van der Waals surface area contributed by atoms with Crippen LogP contribution in [-0.4, -0.2) is 30.7 Å². The van der Waals surface area contributed by atoms with E-state index >= 15 is 0 Å². The maximum absolute atomic E-state index is 10.8. The van der Waals surface area contributed by atoms with E-state index < -0.39 is 5.97 Å². The molecule has 3 rings (SSSR count). The molecule has 6 nitrogen and oxygen atoms in total. The van der Waals surface area contributed by atoms with Crippen molar-refractivity contribution in [2.75, 3.05) is 0 Å². The molecule has 0 saturated heterocycles. The highest BCUT2D eigenvalue weighted by molar-refractivity contribution is 5.87. The number of aromatic nitrogens is 4. The Hall–Kier alpha value is -2.76. The first kappa shape index (κ1) is 10.4. The van der Waals surface area contributed by atoms with Gasteiger partial charge in [-0.05, 0) is 24.3 Å². The number of aromatic carboxylic acids is 1. The summed E-state index contributed by atoms with van der Waals surface area (Å²) in [5, 5.41) is 13.1. The van der Waals surface area contributed by atoms with E-state index in [0.29, 0.717) is 17.2 Å². The molecule has 0 bridgehead atoms. The average Bonchev–Trinajstić information content (AvgIpc) is 2.82. The minimum absolute atomic E-state index is 0.167. The van der Waals surface area contributed by atoms with E-state index in [1.807, 2.05) is 12.1 Å². The quantitative estimate of drug-likeness (QED) is 0.734. The second-order valence-corrected chi connectivity index (χ2v) is 3.68. The van der Waals surface area contributed by atoms with Gasteiger partial charge in [0.1, 0.15) is 5.69 Å². The smallest absolute Gasteiger partial charge is 0.337 e. The molecule has 0 aliphatic rings. The van der Waals surface area contributed by atoms with Gasteiger partial charge in [0, 0.05) is 12.4 Å². The van der Waals surface area contributed by atoms with Gasteiger partial charge in [-0.25, -0.2) is 14.3 Å². The minimum atomic E-state index is -0.994. The van der Waals surface area contributed by atoms with Crippen molar-refractivity contribution in [2.45, 2.75) is 0 Å². The first-order valence-corrected chi connectivity index (χ1v) is 5.25. The van der Waals surface area contributed by atoms with Gasteiger partial charge in [0.25, 0.3) is 0 Å². The van der Waals surface area contributed by atoms with Crippen molar-refractivity contribution in [1.29, 1.82) is 0 Å². The summed E-state index contributed by atoms with van der Waals surface area (Å²) >= 11 is 0. The highest BCUT2D eigenvalue weighted by Gasteiger charge is 2.09. The predicted octanol–water partition coefficient (Wildman–Crippen LogP) is 1.49. The molecule has 0 atom stereocenters. The lowest BCUT2D eigenvalue weighted by atomic mass is 10.3. The van der Waals surface area contributed by atoms with Gasteiger partial charge >= 0.3 is 5.97 Å². The monoisotopic (exact) mass is 240 g/mol. The van der Waals surface area contributed by atoms with Gasteiger partial charge in [0.05, 0.1) is 5.56 Å². The van der Waals surface area contributed by atoms with Crippen LogP contribution < -0.4 is 0 Å². The molecule has 0 aliphatic carbocycles. The summed E-state index contributed by atoms with van der Waals surface area (Å²) < 4.78 is 1.44. The number of hydrogen-bond donors (Lipinski definition) is 1. The van der Waals surface area contributed by atoms with Crippen molar-refractivity contribution < 1.29 is 9.90 Å². The van der Waals surface area contributed by atoms with Gasteiger partial charge in [-0.3, -0.25) is 4.98 Å². The molecule has 0 fully saturated rings. The fourth-order valence-electron chi connectivity index (χ4n) is 1.61. The van der Waals surface area contributed by atoms with Gasteiger partial charge in [-0.15, -0.1) is 5.10 Å². The first-order chi connectivity index (χ1) is 8.74. The van der Waals surface area contributed by atoms with Crippen molar-refractivity contribution >= 4 is 11.6 Å². The molecular weight excluding hydrogens is 232 g/mol. The van der Waals surface area contributed by atoms with Gasteiger partial charge in [0.2, 0.25) is 5.82 Å².